The van der Waals surface area contributed by atoms with Crippen molar-refractivity contribution in [2.45, 2.75) is 32.3 Å². The van der Waals surface area contributed by atoms with Crippen LogP contribution in [0.3, 0.4) is 0 Å². The molecule has 0 spiro atoms. The number of pyridine rings is 1. The number of methoxy groups -OCH3 is 1. The van der Waals surface area contributed by atoms with Crippen LogP contribution in [0.15, 0.2) is 52.1 Å². The molecule has 2 aromatic heterocycles. The summed E-state index contributed by atoms with van der Waals surface area (Å²) in [5.41, 5.74) is 7.96. The zero-order valence-corrected chi connectivity index (χ0v) is 21.8. The van der Waals surface area contributed by atoms with Gasteiger partial charge in [0, 0.05) is 55.5 Å². The highest BCUT2D eigenvalue weighted by Crippen LogP contribution is 2.37. The third-order valence-electron chi connectivity index (χ3n) is 6.32. The van der Waals surface area contributed by atoms with Crippen LogP contribution < -0.4 is 15.4 Å². The number of nitrogens with zero attached hydrogens (tertiary/aromatic N) is 3. The van der Waals surface area contributed by atoms with Crippen LogP contribution in [0.2, 0.25) is 0 Å². The molecular formula is C28H32N4O6. The topological polar surface area (TPSA) is 129 Å². The number of fused-ring (bicyclic) bond motifs is 1. The summed E-state index contributed by atoms with van der Waals surface area (Å²) < 4.78 is 22.4. The summed E-state index contributed by atoms with van der Waals surface area (Å²) >= 11 is 0. The summed E-state index contributed by atoms with van der Waals surface area (Å²) in [6, 6.07) is 8.45. The van der Waals surface area contributed by atoms with Crippen LogP contribution in [0.25, 0.3) is 16.7 Å². The van der Waals surface area contributed by atoms with E-state index in [4.69, 9.17) is 24.4 Å². The fraction of sp³-hybridized carbons (Fsp3) is 0.357. The minimum absolute atomic E-state index is 0.0161. The first-order chi connectivity index (χ1) is 18.5. The molecule has 3 aromatic rings. The number of ether oxygens (including phenoxy) is 3. The molecule has 1 saturated heterocycles. The first-order valence-corrected chi connectivity index (χ1v) is 12.5. The molecule has 10 heteroatoms. The maximum absolute atomic E-state index is 13.7. The van der Waals surface area contributed by atoms with Crippen molar-refractivity contribution in [2.24, 2.45) is 10.7 Å². The summed E-state index contributed by atoms with van der Waals surface area (Å²) in [5.74, 6) is 0.192. The van der Waals surface area contributed by atoms with Crippen LogP contribution in [0.5, 0.6) is 5.75 Å². The van der Waals surface area contributed by atoms with E-state index in [1.165, 1.54) is 11.1 Å². The Labute approximate surface area is 221 Å². The van der Waals surface area contributed by atoms with Gasteiger partial charge in [0.05, 0.1) is 25.2 Å². The molecule has 4 rings (SSSR count). The number of ketones is 1. The van der Waals surface area contributed by atoms with E-state index in [1.807, 2.05) is 0 Å². The Kier molecular flexibility index (Phi) is 8.75. The predicted octanol–water partition coefficient (Wildman–Crippen LogP) is 4.60. The Hall–Kier alpha value is -4.18. The minimum Gasteiger partial charge on any atom is -0.497 e. The molecule has 1 aliphatic rings. The molecule has 0 radical (unpaired) electrons. The van der Waals surface area contributed by atoms with E-state index in [9.17, 15) is 9.59 Å². The van der Waals surface area contributed by atoms with E-state index < -0.39 is 11.9 Å². The van der Waals surface area contributed by atoms with Crippen LogP contribution >= 0.6 is 0 Å². The van der Waals surface area contributed by atoms with E-state index in [0.717, 1.165) is 12.8 Å². The number of carbonyl (C=O) groups excluding carboxylic acids is 2. The summed E-state index contributed by atoms with van der Waals surface area (Å²) in [6.45, 7) is 2.86. The van der Waals surface area contributed by atoms with Crippen LogP contribution in [0, 0.1) is 0 Å². The van der Waals surface area contributed by atoms with Gasteiger partial charge >= 0.3 is 6.09 Å². The lowest BCUT2D eigenvalue weighted by Crippen LogP contribution is -2.35. The van der Waals surface area contributed by atoms with Gasteiger partial charge in [-0.15, -0.1) is 0 Å². The third kappa shape index (κ3) is 5.70. The zero-order valence-electron chi connectivity index (χ0n) is 21.8. The average Bonchev–Trinajstić information content (AvgIpc) is 3.60. The van der Waals surface area contributed by atoms with E-state index >= 15 is 0 Å². The molecule has 1 fully saturated rings. The standard InChI is InChI=1S/C28H32N4O6/c1-4-36-28(34)32(12-11-22-6-5-13-37-22)24-23-14-19(20(15-29)16-30-2)17-31-27(23)38-26(24)25(33)18-7-9-21(35-3)10-8-18/h7-10,14-17,22H,4-6,11-13,29H2,1-3H3/b20-15+,30-16?. The van der Waals surface area contributed by atoms with E-state index in [-0.39, 0.29) is 36.4 Å². The van der Waals surface area contributed by atoms with Crippen molar-refractivity contribution in [3.8, 4) is 5.75 Å². The second-order valence-corrected chi connectivity index (χ2v) is 8.70. The molecule has 200 valence electrons. The van der Waals surface area contributed by atoms with Crippen LogP contribution in [-0.4, -0.2) is 63.1 Å². The lowest BCUT2D eigenvalue weighted by molar-refractivity contribution is 0.101. The smallest absolute Gasteiger partial charge is 0.414 e. The highest BCUT2D eigenvalue weighted by atomic mass is 16.6. The SMILES string of the molecule is CCOC(=O)N(CCC1CCCO1)c1c(C(=O)c2ccc(OC)cc2)oc2ncc(/C(C=NC)=C/N)cc12. The number of nitrogens with two attached hydrogens (primary N) is 1. The molecule has 0 bridgehead atoms. The first-order valence-electron chi connectivity index (χ1n) is 12.5. The van der Waals surface area contributed by atoms with Crippen LogP contribution in [-0.2, 0) is 9.47 Å². The van der Waals surface area contributed by atoms with Gasteiger partial charge in [-0.1, -0.05) is 0 Å². The van der Waals surface area contributed by atoms with Crippen LogP contribution in [0.4, 0.5) is 10.5 Å². The molecule has 10 nitrogen and oxygen atoms in total. The van der Waals surface area contributed by atoms with Crippen molar-refractivity contribution in [2.75, 3.05) is 38.8 Å². The minimum atomic E-state index is -0.591. The van der Waals surface area contributed by atoms with Crippen molar-refractivity contribution in [1.82, 2.24) is 4.98 Å². The molecule has 1 aromatic carbocycles. The van der Waals surface area contributed by atoms with E-state index in [2.05, 4.69) is 9.98 Å². The number of aromatic nitrogens is 1. The number of carbonyl (C=O) groups is 2. The molecule has 2 N–H and O–H groups in total. The van der Waals surface area contributed by atoms with E-state index in [1.54, 1.807) is 63.8 Å². The molecule has 38 heavy (non-hydrogen) atoms. The van der Waals surface area contributed by atoms with Crippen molar-refractivity contribution in [3.05, 3.63) is 59.6 Å². The lowest BCUT2D eigenvalue weighted by atomic mass is 10.0. The van der Waals surface area contributed by atoms with Gasteiger partial charge in [-0.05, 0) is 56.5 Å². The maximum atomic E-state index is 13.7. The van der Waals surface area contributed by atoms with Crippen LogP contribution in [0.1, 0.15) is 47.9 Å². The summed E-state index contributed by atoms with van der Waals surface area (Å²) in [4.78, 5) is 37.0. The molecule has 3 heterocycles. The first kappa shape index (κ1) is 26.9. The maximum Gasteiger partial charge on any atom is 0.414 e. The number of furan rings is 1. The molecular weight excluding hydrogens is 488 g/mol. The molecule has 1 aliphatic heterocycles. The number of amides is 1. The number of allylic oxidation sites excluding steroid dienone is 1. The highest BCUT2D eigenvalue weighted by Gasteiger charge is 2.32. The van der Waals surface area contributed by atoms with Gasteiger partial charge in [-0.2, -0.15) is 0 Å². The normalized spacial score (nSPS) is 15.8. The molecule has 0 saturated carbocycles. The number of rotatable bonds is 10. The average molecular weight is 521 g/mol. The Bertz CT molecular complexity index is 1340. The highest BCUT2D eigenvalue weighted by molar-refractivity contribution is 6.18. The van der Waals surface area contributed by atoms with Gasteiger partial charge < -0.3 is 24.4 Å². The molecule has 0 aliphatic carbocycles. The van der Waals surface area contributed by atoms with Gasteiger partial charge in [-0.25, -0.2) is 9.78 Å². The Morgan fingerprint density at radius 1 is 1.26 bits per heavy atom. The Balaban J connectivity index is 1.87. The van der Waals surface area contributed by atoms with Gasteiger partial charge in [0.1, 0.15) is 11.4 Å². The molecule has 1 atom stereocenters. The van der Waals surface area contributed by atoms with Gasteiger partial charge in [-0.3, -0.25) is 14.7 Å². The second kappa shape index (κ2) is 12.4. The fourth-order valence-electron chi connectivity index (χ4n) is 4.42. The summed E-state index contributed by atoms with van der Waals surface area (Å²) in [5, 5.41) is 0.476. The van der Waals surface area contributed by atoms with Crippen molar-refractivity contribution >= 4 is 40.5 Å². The fourth-order valence-corrected chi connectivity index (χ4v) is 4.42. The monoisotopic (exact) mass is 520 g/mol. The number of anilines is 1. The van der Waals surface area contributed by atoms with Gasteiger partial charge in [0.15, 0.2) is 0 Å². The van der Waals surface area contributed by atoms with Crippen molar-refractivity contribution < 1.29 is 28.2 Å². The van der Waals surface area contributed by atoms with Crippen molar-refractivity contribution in [3.63, 3.8) is 0 Å². The van der Waals surface area contributed by atoms with Gasteiger partial charge in [0.2, 0.25) is 17.3 Å². The molecule has 1 amide bonds. The summed E-state index contributed by atoms with van der Waals surface area (Å²) in [6.07, 6.45) is 6.49. The molecule has 1 unspecified atom stereocenters. The Morgan fingerprint density at radius 3 is 2.68 bits per heavy atom. The second-order valence-electron chi connectivity index (χ2n) is 8.70. The third-order valence-corrected chi connectivity index (χ3v) is 6.32. The predicted molar refractivity (Wildman–Crippen MR) is 145 cm³/mol. The lowest BCUT2D eigenvalue weighted by Gasteiger charge is -2.23. The zero-order chi connectivity index (χ0) is 27.1. The number of hydrogen-bond donors (Lipinski definition) is 1. The summed E-state index contributed by atoms with van der Waals surface area (Å²) in [7, 11) is 3.19. The quantitative estimate of drug-likeness (QED) is 0.303. The Morgan fingerprint density at radius 2 is 2.05 bits per heavy atom. The largest absolute Gasteiger partial charge is 0.497 e. The number of benzene rings is 1. The van der Waals surface area contributed by atoms with Gasteiger partial charge in [0.25, 0.3) is 0 Å². The number of aliphatic imine (C=N–C) groups is 1. The number of hydrogen-bond acceptors (Lipinski definition) is 9. The van der Waals surface area contributed by atoms with E-state index in [0.29, 0.717) is 40.9 Å². The van der Waals surface area contributed by atoms with Crippen molar-refractivity contribution in [1.29, 1.82) is 0 Å².